The van der Waals surface area contributed by atoms with Gasteiger partial charge < -0.3 is 10.1 Å². The molecule has 1 heterocycles. The highest BCUT2D eigenvalue weighted by atomic mass is 35.5. The Morgan fingerprint density at radius 2 is 1.94 bits per heavy atom. The van der Waals surface area contributed by atoms with E-state index in [0.717, 1.165) is 11.8 Å². The van der Waals surface area contributed by atoms with Gasteiger partial charge in [-0.15, -0.1) is 10.2 Å². The molecule has 1 amide bonds. The van der Waals surface area contributed by atoms with Gasteiger partial charge in [-0.1, -0.05) is 35.5 Å². The number of amides is 1. The van der Waals surface area contributed by atoms with Gasteiger partial charge in [-0.25, -0.2) is 0 Å². The summed E-state index contributed by atoms with van der Waals surface area (Å²) in [5, 5.41) is 11.1. The van der Waals surface area contributed by atoms with E-state index < -0.39 is 18.6 Å². The maximum atomic E-state index is 12.3. The average Bonchev–Trinajstić information content (AvgIpc) is 3.15. The number of rotatable bonds is 8. The van der Waals surface area contributed by atoms with E-state index >= 15 is 0 Å². The minimum Gasteiger partial charge on any atom is -0.494 e. The second kappa shape index (κ2) is 10.1. The summed E-state index contributed by atoms with van der Waals surface area (Å²) >= 11 is 7.09. The SMILES string of the molecule is CCOc1ccc(-n2c(SCC(=O)NCC(F)(F)F)nnc2-c2cccc(Cl)c2)cc1. The van der Waals surface area contributed by atoms with E-state index in [-0.39, 0.29) is 5.75 Å². The summed E-state index contributed by atoms with van der Waals surface area (Å²) in [6.07, 6.45) is -4.47. The zero-order valence-electron chi connectivity index (χ0n) is 16.3. The van der Waals surface area contributed by atoms with Crippen molar-refractivity contribution in [1.29, 1.82) is 0 Å². The number of alkyl halides is 3. The molecule has 164 valence electrons. The van der Waals surface area contributed by atoms with E-state index in [2.05, 4.69) is 10.2 Å². The van der Waals surface area contributed by atoms with Crippen LogP contribution in [0.2, 0.25) is 5.02 Å². The fourth-order valence-corrected chi connectivity index (χ4v) is 3.62. The number of nitrogens with zero attached hydrogens (tertiary/aromatic N) is 3. The van der Waals surface area contributed by atoms with Crippen LogP contribution in [0, 0.1) is 0 Å². The Labute approximate surface area is 185 Å². The molecule has 31 heavy (non-hydrogen) atoms. The molecule has 0 saturated heterocycles. The minimum atomic E-state index is -4.47. The molecule has 0 aliphatic rings. The number of hydrogen-bond acceptors (Lipinski definition) is 5. The van der Waals surface area contributed by atoms with Crippen LogP contribution in [-0.4, -0.2) is 45.8 Å². The lowest BCUT2D eigenvalue weighted by Crippen LogP contribution is -2.34. The molecule has 2 aromatic carbocycles. The van der Waals surface area contributed by atoms with Crippen molar-refractivity contribution < 1.29 is 22.7 Å². The quantitative estimate of drug-likeness (QED) is 0.481. The predicted octanol–water partition coefficient (Wildman–Crippen LogP) is 4.76. The molecular formula is C20H18ClF3N4O2S. The molecule has 0 atom stereocenters. The first-order valence-corrected chi connectivity index (χ1v) is 10.5. The largest absolute Gasteiger partial charge is 0.494 e. The molecule has 0 aliphatic carbocycles. The number of ether oxygens (including phenoxy) is 1. The molecule has 3 aromatic rings. The fourth-order valence-electron chi connectivity index (χ4n) is 2.65. The zero-order chi connectivity index (χ0) is 22.4. The second-order valence-electron chi connectivity index (χ2n) is 6.26. The van der Waals surface area contributed by atoms with Crippen molar-refractivity contribution in [2.45, 2.75) is 18.3 Å². The molecule has 1 N–H and O–H groups in total. The highest BCUT2D eigenvalue weighted by molar-refractivity contribution is 7.99. The molecular weight excluding hydrogens is 453 g/mol. The molecule has 0 fully saturated rings. The number of hydrogen-bond donors (Lipinski definition) is 1. The second-order valence-corrected chi connectivity index (χ2v) is 7.64. The van der Waals surface area contributed by atoms with Crippen LogP contribution in [0.3, 0.4) is 0 Å². The van der Waals surface area contributed by atoms with E-state index in [4.69, 9.17) is 16.3 Å². The van der Waals surface area contributed by atoms with E-state index in [0.29, 0.717) is 39.6 Å². The van der Waals surface area contributed by atoms with Crippen LogP contribution in [0.25, 0.3) is 17.1 Å². The average molecular weight is 471 g/mol. The standard InChI is InChI=1S/C20H18ClF3N4O2S/c1-2-30-16-8-6-15(7-9-16)28-18(13-4-3-5-14(21)10-13)26-27-19(28)31-11-17(29)25-12-20(22,23)24/h3-10H,2,11-12H2,1H3,(H,25,29). The lowest BCUT2D eigenvalue weighted by Gasteiger charge is -2.12. The van der Waals surface area contributed by atoms with Gasteiger partial charge in [-0.05, 0) is 43.3 Å². The number of halogens is 4. The summed E-state index contributed by atoms with van der Waals surface area (Å²) < 4.78 is 44.1. The van der Waals surface area contributed by atoms with Crippen LogP contribution in [0.1, 0.15) is 6.92 Å². The number of aromatic nitrogens is 3. The zero-order valence-corrected chi connectivity index (χ0v) is 17.9. The summed E-state index contributed by atoms with van der Waals surface area (Å²) in [5.74, 6) is 0.156. The molecule has 0 unspecified atom stereocenters. The third-order valence-electron chi connectivity index (χ3n) is 3.94. The van der Waals surface area contributed by atoms with Crippen LogP contribution in [0.5, 0.6) is 5.75 Å². The van der Waals surface area contributed by atoms with Crippen molar-refractivity contribution in [3.05, 3.63) is 53.6 Å². The van der Waals surface area contributed by atoms with Gasteiger partial charge in [0.25, 0.3) is 0 Å². The van der Waals surface area contributed by atoms with Crippen molar-refractivity contribution in [3.63, 3.8) is 0 Å². The van der Waals surface area contributed by atoms with Gasteiger partial charge in [-0.3, -0.25) is 9.36 Å². The normalized spacial score (nSPS) is 11.4. The molecule has 6 nitrogen and oxygen atoms in total. The van der Waals surface area contributed by atoms with Crippen LogP contribution in [-0.2, 0) is 4.79 Å². The van der Waals surface area contributed by atoms with Crippen molar-refractivity contribution in [1.82, 2.24) is 20.1 Å². The Morgan fingerprint density at radius 3 is 2.58 bits per heavy atom. The van der Waals surface area contributed by atoms with Crippen LogP contribution in [0.4, 0.5) is 13.2 Å². The molecule has 0 aliphatic heterocycles. The summed E-state index contributed by atoms with van der Waals surface area (Å²) in [7, 11) is 0. The smallest absolute Gasteiger partial charge is 0.405 e. The topological polar surface area (TPSA) is 69.0 Å². The van der Waals surface area contributed by atoms with Gasteiger partial charge in [0.1, 0.15) is 12.3 Å². The Balaban J connectivity index is 1.89. The van der Waals surface area contributed by atoms with Gasteiger partial charge >= 0.3 is 6.18 Å². The third-order valence-corrected chi connectivity index (χ3v) is 5.10. The molecule has 3 rings (SSSR count). The maximum Gasteiger partial charge on any atom is 0.405 e. The third kappa shape index (κ3) is 6.38. The first-order chi connectivity index (χ1) is 14.8. The predicted molar refractivity (Wildman–Crippen MR) is 113 cm³/mol. The Bertz CT molecular complexity index is 1040. The number of benzene rings is 2. The van der Waals surface area contributed by atoms with Crippen LogP contribution < -0.4 is 10.1 Å². The molecule has 0 spiro atoms. The Hall–Kier alpha value is -2.72. The highest BCUT2D eigenvalue weighted by Crippen LogP contribution is 2.30. The van der Waals surface area contributed by atoms with Gasteiger partial charge in [-0.2, -0.15) is 13.2 Å². The molecule has 0 saturated carbocycles. The summed E-state index contributed by atoms with van der Waals surface area (Å²) in [5.41, 5.74) is 1.39. The number of carbonyl (C=O) groups is 1. The molecule has 0 radical (unpaired) electrons. The van der Waals surface area contributed by atoms with Crippen molar-refractivity contribution >= 4 is 29.3 Å². The van der Waals surface area contributed by atoms with Crippen LogP contribution in [0.15, 0.2) is 53.7 Å². The van der Waals surface area contributed by atoms with E-state index in [1.807, 2.05) is 18.3 Å². The fraction of sp³-hybridized carbons (Fsp3) is 0.250. The first-order valence-electron chi connectivity index (χ1n) is 9.17. The van der Waals surface area contributed by atoms with Gasteiger partial charge in [0.15, 0.2) is 11.0 Å². The highest BCUT2D eigenvalue weighted by Gasteiger charge is 2.27. The van der Waals surface area contributed by atoms with Crippen molar-refractivity contribution in [2.24, 2.45) is 0 Å². The monoisotopic (exact) mass is 470 g/mol. The van der Waals surface area contributed by atoms with E-state index in [1.165, 1.54) is 0 Å². The number of carbonyl (C=O) groups excluding carboxylic acids is 1. The Morgan fingerprint density at radius 1 is 1.19 bits per heavy atom. The van der Waals surface area contributed by atoms with Crippen molar-refractivity contribution in [2.75, 3.05) is 18.9 Å². The molecule has 0 bridgehead atoms. The lowest BCUT2D eigenvalue weighted by molar-refractivity contribution is -0.136. The minimum absolute atomic E-state index is 0.249. The molecule has 1 aromatic heterocycles. The maximum absolute atomic E-state index is 12.3. The van der Waals surface area contributed by atoms with Gasteiger partial charge in [0.05, 0.1) is 12.4 Å². The summed E-state index contributed by atoms with van der Waals surface area (Å²) in [6.45, 7) is 1.02. The van der Waals surface area contributed by atoms with Gasteiger partial charge in [0, 0.05) is 16.3 Å². The van der Waals surface area contributed by atoms with Crippen LogP contribution >= 0.6 is 23.4 Å². The van der Waals surface area contributed by atoms with E-state index in [9.17, 15) is 18.0 Å². The number of thioether (sulfide) groups is 1. The lowest BCUT2D eigenvalue weighted by atomic mass is 10.2. The summed E-state index contributed by atoms with van der Waals surface area (Å²) in [6, 6.07) is 14.2. The molecule has 11 heteroatoms. The summed E-state index contributed by atoms with van der Waals surface area (Å²) in [4.78, 5) is 11.8. The van der Waals surface area contributed by atoms with Crippen molar-refractivity contribution in [3.8, 4) is 22.8 Å². The van der Waals surface area contributed by atoms with E-state index in [1.54, 1.807) is 47.0 Å². The van der Waals surface area contributed by atoms with Gasteiger partial charge in [0.2, 0.25) is 5.91 Å². The Kier molecular flexibility index (Phi) is 7.45. The first kappa shape index (κ1) is 23.0. The number of nitrogens with one attached hydrogen (secondary N) is 1.